The van der Waals surface area contributed by atoms with Crippen molar-refractivity contribution in [2.45, 2.75) is 50.9 Å². The summed E-state index contributed by atoms with van der Waals surface area (Å²) < 4.78 is 24.6. The third-order valence-corrected chi connectivity index (χ3v) is 7.48. The van der Waals surface area contributed by atoms with Crippen LogP contribution in [-0.2, 0) is 22.4 Å². The van der Waals surface area contributed by atoms with E-state index in [9.17, 15) is 9.18 Å². The Kier molecular flexibility index (Phi) is 5.33. The summed E-state index contributed by atoms with van der Waals surface area (Å²) in [5.41, 5.74) is 4.94. The van der Waals surface area contributed by atoms with Gasteiger partial charge >= 0.3 is 5.97 Å². The lowest BCUT2D eigenvalue weighted by atomic mass is 9.80. The highest BCUT2D eigenvalue weighted by atomic mass is 19.1. The number of hydrogen-bond acceptors (Lipinski definition) is 3. The predicted molar refractivity (Wildman–Crippen MR) is 119 cm³/mol. The van der Waals surface area contributed by atoms with Gasteiger partial charge in [-0.05, 0) is 85.3 Å². The van der Waals surface area contributed by atoms with Crippen LogP contribution in [0, 0.1) is 17.2 Å². The first-order chi connectivity index (χ1) is 15.0. The number of esters is 1. The second-order valence-electron chi connectivity index (χ2n) is 9.55. The average Bonchev–Trinajstić information content (AvgIpc) is 3.37. The molecule has 162 valence electrons. The van der Waals surface area contributed by atoms with Gasteiger partial charge in [0.05, 0.1) is 20.1 Å². The Bertz CT molecular complexity index is 1030. The maximum absolute atomic E-state index is 14.1. The van der Waals surface area contributed by atoms with Crippen molar-refractivity contribution in [2.24, 2.45) is 11.3 Å². The van der Waals surface area contributed by atoms with Crippen LogP contribution in [0.2, 0.25) is 0 Å². The molecule has 0 bridgehead atoms. The molecule has 1 heterocycles. The van der Waals surface area contributed by atoms with Gasteiger partial charge in [0.25, 0.3) is 0 Å². The molecule has 1 aliphatic heterocycles. The lowest BCUT2D eigenvalue weighted by Gasteiger charge is -2.24. The number of carbonyl (C=O) groups excluding carboxylic acids is 1. The lowest BCUT2D eigenvalue weighted by Crippen LogP contribution is -2.16. The van der Waals surface area contributed by atoms with Gasteiger partial charge in [0.1, 0.15) is 11.6 Å². The molecule has 1 saturated heterocycles. The summed E-state index contributed by atoms with van der Waals surface area (Å²) in [5.74, 6) is 1.37. The number of allylic oxidation sites excluding steroid dienone is 1. The van der Waals surface area contributed by atoms with E-state index < -0.39 is 0 Å². The molecule has 5 rings (SSSR count). The van der Waals surface area contributed by atoms with Gasteiger partial charge in [0, 0.05) is 11.0 Å². The molecule has 1 saturated carbocycles. The van der Waals surface area contributed by atoms with Crippen molar-refractivity contribution in [3.63, 3.8) is 0 Å². The summed E-state index contributed by atoms with van der Waals surface area (Å²) in [5, 5.41) is 0. The molecule has 1 spiro atoms. The Hall–Kier alpha value is -2.62. The zero-order valence-corrected chi connectivity index (χ0v) is 18.0. The molecule has 2 aliphatic carbocycles. The molecule has 3 aliphatic rings. The highest BCUT2D eigenvalue weighted by Gasteiger charge is 2.46. The number of methoxy groups -OCH3 is 1. The van der Waals surface area contributed by atoms with Crippen LogP contribution in [0.5, 0.6) is 5.75 Å². The first-order valence-electron chi connectivity index (χ1n) is 11.3. The monoisotopic (exact) mass is 420 g/mol. The number of fused-ring (bicyclic) bond motifs is 1. The molecule has 3 atom stereocenters. The Balaban J connectivity index is 1.26. The molecular formula is C27H29FO3. The smallest absolute Gasteiger partial charge is 0.306 e. The van der Waals surface area contributed by atoms with Crippen molar-refractivity contribution < 1.29 is 18.7 Å². The third-order valence-electron chi connectivity index (χ3n) is 7.48. The first-order valence-corrected chi connectivity index (χ1v) is 11.3. The standard InChI is InChI=1S/C27H29FO3/c1-30-24-8-9-25(28)22(14-24)5-3-18-2-4-20-13-21(7-6-19(20)12-18)23-10-11-27(15-23)16-26(29)31-17-27/h3,5-9,13-14,18,23H,2,4,10-12,15-17H2,1H3/b5-3+/t18-,23?,27-/m0/s1. The fraction of sp³-hybridized carbons (Fsp3) is 0.444. The lowest BCUT2D eigenvalue weighted by molar-refractivity contribution is -0.137. The van der Waals surface area contributed by atoms with E-state index in [4.69, 9.17) is 9.47 Å². The molecule has 0 amide bonds. The number of ether oxygens (including phenoxy) is 2. The second-order valence-corrected chi connectivity index (χ2v) is 9.55. The van der Waals surface area contributed by atoms with Crippen LogP contribution < -0.4 is 4.74 Å². The van der Waals surface area contributed by atoms with Crippen molar-refractivity contribution in [3.8, 4) is 5.75 Å². The van der Waals surface area contributed by atoms with Gasteiger partial charge < -0.3 is 9.47 Å². The van der Waals surface area contributed by atoms with E-state index in [1.807, 2.05) is 6.08 Å². The molecule has 2 aromatic carbocycles. The van der Waals surface area contributed by atoms with Gasteiger partial charge in [-0.3, -0.25) is 4.79 Å². The van der Waals surface area contributed by atoms with Crippen molar-refractivity contribution in [2.75, 3.05) is 13.7 Å². The van der Waals surface area contributed by atoms with Gasteiger partial charge in [0.2, 0.25) is 0 Å². The Morgan fingerprint density at radius 1 is 1.16 bits per heavy atom. The molecule has 3 nitrogen and oxygen atoms in total. The van der Waals surface area contributed by atoms with Crippen LogP contribution >= 0.6 is 0 Å². The minimum Gasteiger partial charge on any atom is -0.497 e. The quantitative estimate of drug-likeness (QED) is 0.582. The van der Waals surface area contributed by atoms with Gasteiger partial charge in [-0.15, -0.1) is 0 Å². The van der Waals surface area contributed by atoms with Gasteiger partial charge in [0.15, 0.2) is 0 Å². The maximum Gasteiger partial charge on any atom is 0.306 e. The first kappa shape index (κ1) is 20.3. The Labute approximate surface area is 183 Å². The van der Waals surface area contributed by atoms with Crippen LogP contribution in [0.1, 0.15) is 60.3 Å². The molecular weight excluding hydrogens is 391 g/mol. The van der Waals surface area contributed by atoms with E-state index in [2.05, 4.69) is 24.3 Å². The number of hydrogen-bond donors (Lipinski definition) is 0. The zero-order valence-electron chi connectivity index (χ0n) is 18.0. The molecule has 31 heavy (non-hydrogen) atoms. The number of aryl methyl sites for hydroxylation is 1. The predicted octanol–water partition coefficient (Wildman–Crippen LogP) is 5.85. The molecule has 2 fully saturated rings. The number of benzene rings is 2. The van der Waals surface area contributed by atoms with Gasteiger partial charge in [-0.2, -0.15) is 0 Å². The van der Waals surface area contributed by atoms with E-state index in [0.29, 0.717) is 36.2 Å². The van der Waals surface area contributed by atoms with Crippen LogP contribution in [0.15, 0.2) is 42.5 Å². The molecule has 0 N–H and O–H groups in total. The number of halogens is 1. The van der Waals surface area contributed by atoms with Crippen molar-refractivity contribution >= 4 is 12.0 Å². The third kappa shape index (κ3) is 4.13. The highest BCUT2D eigenvalue weighted by Crippen LogP contribution is 2.51. The SMILES string of the molecule is COc1ccc(F)c(/C=C/[C@@H]2CCc3cc(C4CC[C@]5(COC(=O)C5)C4)ccc3C2)c1. The number of rotatable bonds is 4. The summed E-state index contributed by atoms with van der Waals surface area (Å²) in [6, 6.07) is 11.8. The summed E-state index contributed by atoms with van der Waals surface area (Å²) >= 11 is 0. The van der Waals surface area contributed by atoms with E-state index in [1.165, 1.54) is 22.8 Å². The minimum atomic E-state index is -0.221. The fourth-order valence-corrected chi connectivity index (χ4v) is 5.66. The number of cyclic esters (lactones) is 1. The second kappa shape index (κ2) is 8.14. The Morgan fingerprint density at radius 2 is 2.06 bits per heavy atom. The molecule has 0 radical (unpaired) electrons. The Morgan fingerprint density at radius 3 is 2.87 bits per heavy atom. The number of carbonyl (C=O) groups is 1. The minimum absolute atomic E-state index is 0.0287. The van der Waals surface area contributed by atoms with Crippen molar-refractivity contribution in [1.29, 1.82) is 0 Å². The maximum atomic E-state index is 14.1. The van der Waals surface area contributed by atoms with Crippen LogP contribution in [0.3, 0.4) is 0 Å². The van der Waals surface area contributed by atoms with Crippen LogP contribution in [-0.4, -0.2) is 19.7 Å². The van der Waals surface area contributed by atoms with E-state index in [1.54, 1.807) is 19.2 Å². The van der Waals surface area contributed by atoms with Gasteiger partial charge in [-0.1, -0.05) is 30.4 Å². The topological polar surface area (TPSA) is 35.5 Å². The molecule has 0 aromatic heterocycles. The van der Waals surface area contributed by atoms with E-state index in [0.717, 1.165) is 38.5 Å². The van der Waals surface area contributed by atoms with Crippen LogP contribution in [0.25, 0.3) is 6.08 Å². The van der Waals surface area contributed by atoms with E-state index >= 15 is 0 Å². The summed E-state index contributed by atoms with van der Waals surface area (Å²) in [6.45, 7) is 0.606. The molecule has 1 unspecified atom stereocenters. The van der Waals surface area contributed by atoms with E-state index in [-0.39, 0.29) is 17.2 Å². The highest BCUT2D eigenvalue weighted by molar-refractivity contribution is 5.72. The van der Waals surface area contributed by atoms with Gasteiger partial charge in [-0.25, -0.2) is 4.39 Å². The summed E-state index contributed by atoms with van der Waals surface area (Å²) in [7, 11) is 1.60. The molecule has 2 aromatic rings. The summed E-state index contributed by atoms with van der Waals surface area (Å²) in [4.78, 5) is 11.6. The van der Waals surface area contributed by atoms with Crippen molar-refractivity contribution in [3.05, 3.63) is 70.5 Å². The summed E-state index contributed by atoms with van der Waals surface area (Å²) in [6.07, 6.45) is 11.1. The zero-order chi connectivity index (χ0) is 21.4. The largest absolute Gasteiger partial charge is 0.497 e. The van der Waals surface area contributed by atoms with Crippen molar-refractivity contribution in [1.82, 2.24) is 0 Å². The van der Waals surface area contributed by atoms with Crippen LogP contribution in [0.4, 0.5) is 4.39 Å². The molecule has 4 heteroatoms. The normalized spacial score (nSPS) is 27.6. The average molecular weight is 421 g/mol. The fourth-order valence-electron chi connectivity index (χ4n) is 5.66.